The zero-order valence-corrected chi connectivity index (χ0v) is 14.8. The number of carbonyl (C=O) groups is 1. The smallest absolute Gasteiger partial charge is 0.263 e. The minimum atomic E-state index is 0.0389. The Morgan fingerprint density at radius 1 is 1.17 bits per heavy atom. The van der Waals surface area contributed by atoms with E-state index < -0.39 is 0 Å². The number of nitrogens with one attached hydrogen (secondary N) is 1. The molecule has 1 aliphatic carbocycles. The van der Waals surface area contributed by atoms with Gasteiger partial charge in [-0.1, -0.05) is 30.3 Å². The number of aromatic nitrogens is 1. The third-order valence-electron chi connectivity index (χ3n) is 4.95. The van der Waals surface area contributed by atoms with Crippen molar-refractivity contribution in [1.82, 2.24) is 15.2 Å². The first-order valence-corrected chi connectivity index (χ1v) is 9.60. The molecule has 0 radical (unpaired) electrons. The Kier molecular flexibility index (Phi) is 4.37. The second-order valence-corrected chi connectivity index (χ2v) is 7.81. The number of piperidine rings is 1. The van der Waals surface area contributed by atoms with E-state index in [1.807, 2.05) is 37.3 Å². The molecule has 4 nitrogen and oxygen atoms in total. The molecule has 2 aromatic rings. The van der Waals surface area contributed by atoms with Gasteiger partial charge < -0.3 is 10.2 Å². The highest BCUT2D eigenvalue weighted by atomic mass is 32.1. The maximum atomic E-state index is 12.7. The average molecular weight is 341 g/mol. The Bertz CT molecular complexity index is 715. The van der Waals surface area contributed by atoms with Crippen LogP contribution in [0.25, 0.3) is 10.6 Å². The van der Waals surface area contributed by atoms with Crippen LogP contribution in [0, 0.1) is 6.92 Å². The molecule has 2 heterocycles. The summed E-state index contributed by atoms with van der Waals surface area (Å²) < 4.78 is 0. The lowest BCUT2D eigenvalue weighted by atomic mass is 10.0. The van der Waals surface area contributed by atoms with Crippen LogP contribution in [0.2, 0.25) is 0 Å². The molecule has 1 amide bonds. The third-order valence-corrected chi connectivity index (χ3v) is 6.16. The molecule has 0 spiro atoms. The molecule has 5 heteroatoms. The van der Waals surface area contributed by atoms with Crippen LogP contribution >= 0.6 is 11.3 Å². The number of benzene rings is 1. The Balaban J connectivity index is 1.40. The standard InChI is InChI=1S/C19H23N3OS/c1-13-17(24-19(20-13)14-5-3-2-4-6-14)18(23)21-15-9-11-22(12-10-15)16-7-8-16/h2-6,15-16H,7-12H2,1H3,(H,21,23). The largest absolute Gasteiger partial charge is 0.348 e. The summed E-state index contributed by atoms with van der Waals surface area (Å²) >= 11 is 1.49. The number of hydrogen-bond donors (Lipinski definition) is 1. The van der Waals surface area contributed by atoms with Gasteiger partial charge in [-0.2, -0.15) is 0 Å². The van der Waals surface area contributed by atoms with Crippen molar-refractivity contribution >= 4 is 17.2 Å². The second kappa shape index (κ2) is 6.65. The SMILES string of the molecule is Cc1nc(-c2ccccc2)sc1C(=O)NC1CCN(C2CC2)CC1. The number of amides is 1. The molecule has 0 unspecified atom stereocenters. The summed E-state index contributed by atoms with van der Waals surface area (Å²) in [6, 6.07) is 11.2. The fraction of sp³-hybridized carbons (Fsp3) is 0.474. The van der Waals surface area contributed by atoms with Gasteiger partial charge in [0.1, 0.15) is 9.88 Å². The molecule has 2 aliphatic rings. The molecule has 2 fully saturated rings. The lowest BCUT2D eigenvalue weighted by Gasteiger charge is -2.32. The number of rotatable bonds is 4. The molecule has 1 aromatic carbocycles. The number of likely N-dealkylation sites (tertiary alicyclic amines) is 1. The molecule has 1 aliphatic heterocycles. The van der Waals surface area contributed by atoms with E-state index in [2.05, 4.69) is 15.2 Å². The van der Waals surface area contributed by atoms with Crippen LogP contribution in [0.15, 0.2) is 30.3 Å². The normalized spacial score (nSPS) is 19.4. The lowest BCUT2D eigenvalue weighted by Crippen LogP contribution is -2.45. The van der Waals surface area contributed by atoms with Crippen LogP contribution in [0.5, 0.6) is 0 Å². The number of thiazole rings is 1. The van der Waals surface area contributed by atoms with Crippen molar-refractivity contribution in [3.05, 3.63) is 40.9 Å². The van der Waals surface area contributed by atoms with Crippen LogP contribution in [-0.2, 0) is 0 Å². The van der Waals surface area contributed by atoms with Gasteiger partial charge in [0, 0.05) is 30.7 Å². The Labute approximate surface area is 146 Å². The molecular formula is C19H23N3OS. The summed E-state index contributed by atoms with van der Waals surface area (Å²) in [4.78, 5) is 20.6. The first-order chi connectivity index (χ1) is 11.7. The van der Waals surface area contributed by atoms with Crippen molar-refractivity contribution in [2.45, 2.75) is 44.7 Å². The fourth-order valence-electron chi connectivity index (χ4n) is 3.41. The second-order valence-electron chi connectivity index (χ2n) is 6.81. The Morgan fingerprint density at radius 3 is 2.54 bits per heavy atom. The topological polar surface area (TPSA) is 45.2 Å². The summed E-state index contributed by atoms with van der Waals surface area (Å²) in [5, 5.41) is 4.14. The van der Waals surface area contributed by atoms with Crippen molar-refractivity contribution < 1.29 is 4.79 Å². The highest BCUT2D eigenvalue weighted by Gasteiger charge is 2.32. The summed E-state index contributed by atoms with van der Waals surface area (Å²) in [7, 11) is 0. The molecule has 24 heavy (non-hydrogen) atoms. The van der Waals surface area contributed by atoms with Crippen molar-refractivity contribution in [2.24, 2.45) is 0 Å². The molecule has 0 atom stereocenters. The van der Waals surface area contributed by atoms with E-state index >= 15 is 0 Å². The van der Waals surface area contributed by atoms with Gasteiger partial charge in [0.2, 0.25) is 0 Å². The first kappa shape index (κ1) is 15.8. The summed E-state index contributed by atoms with van der Waals surface area (Å²) in [6.07, 6.45) is 4.84. The van der Waals surface area contributed by atoms with Crippen LogP contribution in [0.1, 0.15) is 41.0 Å². The predicted molar refractivity (Wildman–Crippen MR) is 97.4 cm³/mol. The van der Waals surface area contributed by atoms with Gasteiger partial charge in [-0.3, -0.25) is 4.79 Å². The van der Waals surface area contributed by atoms with Crippen LogP contribution in [0.3, 0.4) is 0 Å². The van der Waals surface area contributed by atoms with Gasteiger partial charge in [0.25, 0.3) is 5.91 Å². The third kappa shape index (κ3) is 3.37. The molecule has 0 bridgehead atoms. The van der Waals surface area contributed by atoms with Gasteiger partial charge in [-0.25, -0.2) is 4.98 Å². The number of nitrogens with zero attached hydrogens (tertiary/aromatic N) is 2. The highest BCUT2D eigenvalue weighted by molar-refractivity contribution is 7.17. The number of hydrogen-bond acceptors (Lipinski definition) is 4. The van der Waals surface area contributed by atoms with Crippen LogP contribution < -0.4 is 5.32 Å². The maximum Gasteiger partial charge on any atom is 0.263 e. The van der Waals surface area contributed by atoms with E-state index in [0.717, 1.165) is 53.1 Å². The summed E-state index contributed by atoms with van der Waals surface area (Å²) in [5.74, 6) is 0.0389. The molecule has 1 aromatic heterocycles. The summed E-state index contributed by atoms with van der Waals surface area (Å²) in [5.41, 5.74) is 1.90. The number of carbonyl (C=O) groups excluding carboxylic acids is 1. The molecule has 4 rings (SSSR count). The Morgan fingerprint density at radius 2 is 1.88 bits per heavy atom. The van der Waals surface area contributed by atoms with E-state index in [9.17, 15) is 4.79 Å². The molecule has 1 saturated heterocycles. The van der Waals surface area contributed by atoms with Crippen LogP contribution in [0.4, 0.5) is 0 Å². The van der Waals surface area contributed by atoms with Crippen molar-refractivity contribution in [2.75, 3.05) is 13.1 Å². The molecular weight excluding hydrogens is 318 g/mol. The van der Waals surface area contributed by atoms with Gasteiger partial charge >= 0.3 is 0 Å². The fourth-order valence-corrected chi connectivity index (χ4v) is 4.39. The molecule has 1 saturated carbocycles. The van der Waals surface area contributed by atoms with E-state index in [4.69, 9.17) is 0 Å². The van der Waals surface area contributed by atoms with Gasteiger partial charge in [-0.05, 0) is 32.6 Å². The predicted octanol–water partition coefficient (Wildman–Crippen LogP) is 3.48. The number of aryl methyl sites for hydroxylation is 1. The Hall–Kier alpha value is -1.72. The minimum Gasteiger partial charge on any atom is -0.348 e. The monoisotopic (exact) mass is 341 g/mol. The zero-order valence-electron chi connectivity index (χ0n) is 14.0. The quantitative estimate of drug-likeness (QED) is 0.926. The van der Waals surface area contributed by atoms with Crippen molar-refractivity contribution in [3.8, 4) is 10.6 Å². The van der Waals surface area contributed by atoms with Crippen LogP contribution in [-0.4, -0.2) is 41.0 Å². The van der Waals surface area contributed by atoms with E-state index in [1.54, 1.807) is 0 Å². The van der Waals surface area contributed by atoms with Crippen molar-refractivity contribution in [1.29, 1.82) is 0 Å². The minimum absolute atomic E-state index is 0.0389. The first-order valence-electron chi connectivity index (χ1n) is 8.78. The molecule has 126 valence electrons. The van der Waals surface area contributed by atoms with E-state index in [1.165, 1.54) is 24.2 Å². The van der Waals surface area contributed by atoms with Crippen molar-refractivity contribution in [3.63, 3.8) is 0 Å². The van der Waals surface area contributed by atoms with Gasteiger partial charge in [0.15, 0.2) is 0 Å². The average Bonchev–Trinajstić information content (AvgIpc) is 3.38. The molecule has 1 N–H and O–H groups in total. The van der Waals surface area contributed by atoms with Gasteiger partial charge in [-0.15, -0.1) is 11.3 Å². The van der Waals surface area contributed by atoms with Gasteiger partial charge in [0.05, 0.1) is 5.69 Å². The maximum absolute atomic E-state index is 12.7. The lowest BCUT2D eigenvalue weighted by molar-refractivity contribution is 0.0912. The zero-order chi connectivity index (χ0) is 16.5. The van der Waals surface area contributed by atoms with E-state index in [0.29, 0.717) is 6.04 Å². The summed E-state index contributed by atoms with van der Waals surface area (Å²) in [6.45, 7) is 4.16. The van der Waals surface area contributed by atoms with E-state index in [-0.39, 0.29) is 5.91 Å². The highest BCUT2D eigenvalue weighted by Crippen LogP contribution is 2.30.